The maximum atomic E-state index is 4.14. The Hall–Kier alpha value is -1.36. The Morgan fingerprint density at radius 3 is 3.25 bits per heavy atom. The Morgan fingerprint density at radius 1 is 1.58 bits per heavy atom. The molecule has 2 aromatic rings. The Morgan fingerprint density at radius 2 is 2.58 bits per heavy atom. The molecule has 0 fully saturated rings. The van der Waals surface area contributed by atoms with Gasteiger partial charge in [0.1, 0.15) is 5.01 Å². The molecule has 0 atom stereocenters. The lowest BCUT2D eigenvalue weighted by Gasteiger charge is -1.97. The first-order valence-electron chi connectivity index (χ1n) is 3.56. The highest BCUT2D eigenvalue weighted by Gasteiger charge is 1.95. The summed E-state index contributed by atoms with van der Waals surface area (Å²) in [6.45, 7) is 0.761. The lowest BCUT2D eigenvalue weighted by atomic mass is 10.5. The zero-order valence-electron chi connectivity index (χ0n) is 6.32. The predicted molar refractivity (Wildman–Crippen MR) is 48.0 cm³/mol. The van der Waals surface area contributed by atoms with E-state index in [1.165, 1.54) is 0 Å². The van der Waals surface area contributed by atoms with Gasteiger partial charge in [-0.15, -0.1) is 11.3 Å². The van der Waals surface area contributed by atoms with E-state index in [0.29, 0.717) is 0 Å². The standard InChI is InChI=1S/C7H8N4S/c1-2-12-7(8-1)5-9-6-3-10-11-4-6/h1-4,9H,5H2,(H,10,11). The third kappa shape index (κ3) is 1.62. The van der Waals surface area contributed by atoms with Crippen LogP contribution in [0.3, 0.4) is 0 Å². The largest absolute Gasteiger partial charge is 0.376 e. The third-order valence-corrected chi connectivity index (χ3v) is 2.21. The average Bonchev–Trinajstić information content (AvgIpc) is 2.74. The highest BCUT2D eigenvalue weighted by Crippen LogP contribution is 2.07. The van der Waals surface area contributed by atoms with Gasteiger partial charge in [-0.05, 0) is 0 Å². The van der Waals surface area contributed by atoms with E-state index >= 15 is 0 Å². The molecule has 2 rings (SSSR count). The normalized spacial score (nSPS) is 10.0. The van der Waals surface area contributed by atoms with E-state index < -0.39 is 0 Å². The van der Waals surface area contributed by atoms with Gasteiger partial charge in [0.05, 0.1) is 18.4 Å². The predicted octanol–water partition coefficient (Wildman–Crippen LogP) is 1.48. The van der Waals surface area contributed by atoms with Gasteiger partial charge in [-0.1, -0.05) is 0 Å². The molecule has 0 radical (unpaired) electrons. The smallest absolute Gasteiger partial charge is 0.112 e. The van der Waals surface area contributed by atoms with Crippen LogP contribution in [0, 0.1) is 0 Å². The molecule has 0 aliphatic carbocycles. The summed E-state index contributed by atoms with van der Waals surface area (Å²) in [4.78, 5) is 4.14. The number of nitrogens with one attached hydrogen (secondary N) is 2. The van der Waals surface area contributed by atoms with Gasteiger partial charge in [-0.2, -0.15) is 5.10 Å². The van der Waals surface area contributed by atoms with E-state index in [0.717, 1.165) is 17.2 Å². The molecule has 0 unspecified atom stereocenters. The molecule has 2 aromatic heterocycles. The van der Waals surface area contributed by atoms with Crippen LogP contribution in [-0.2, 0) is 6.54 Å². The fraction of sp³-hybridized carbons (Fsp3) is 0.143. The molecule has 0 bridgehead atoms. The van der Waals surface area contributed by atoms with Gasteiger partial charge >= 0.3 is 0 Å². The van der Waals surface area contributed by atoms with Crippen LogP contribution in [0.1, 0.15) is 5.01 Å². The number of aromatic nitrogens is 3. The van der Waals surface area contributed by atoms with Crippen LogP contribution in [0.5, 0.6) is 0 Å². The Labute approximate surface area is 73.7 Å². The van der Waals surface area contributed by atoms with Crippen molar-refractivity contribution >= 4 is 17.0 Å². The second-order valence-electron chi connectivity index (χ2n) is 2.27. The number of thiazole rings is 1. The van der Waals surface area contributed by atoms with Gasteiger partial charge in [0.15, 0.2) is 0 Å². The zero-order chi connectivity index (χ0) is 8.23. The van der Waals surface area contributed by atoms with Crippen molar-refractivity contribution in [2.24, 2.45) is 0 Å². The van der Waals surface area contributed by atoms with Crippen LogP contribution in [-0.4, -0.2) is 15.2 Å². The van der Waals surface area contributed by atoms with Gasteiger partial charge in [0.25, 0.3) is 0 Å². The first-order valence-corrected chi connectivity index (χ1v) is 4.44. The molecule has 62 valence electrons. The summed E-state index contributed by atoms with van der Waals surface area (Å²) < 4.78 is 0. The number of H-pyrrole nitrogens is 1. The Kier molecular flexibility index (Phi) is 2.04. The maximum Gasteiger partial charge on any atom is 0.112 e. The summed E-state index contributed by atoms with van der Waals surface area (Å²) >= 11 is 1.64. The molecule has 0 spiro atoms. The first-order chi connectivity index (χ1) is 5.95. The van der Waals surface area contributed by atoms with Crippen LogP contribution in [0.15, 0.2) is 24.0 Å². The second kappa shape index (κ2) is 3.36. The Balaban J connectivity index is 1.91. The van der Waals surface area contributed by atoms with Crippen LogP contribution in [0.4, 0.5) is 5.69 Å². The van der Waals surface area contributed by atoms with E-state index in [4.69, 9.17) is 0 Å². The van der Waals surface area contributed by atoms with Crippen molar-refractivity contribution in [2.45, 2.75) is 6.54 Å². The van der Waals surface area contributed by atoms with Crippen molar-refractivity contribution in [1.29, 1.82) is 0 Å². The molecular formula is C7H8N4S. The summed E-state index contributed by atoms with van der Waals surface area (Å²) in [7, 11) is 0. The first kappa shape index (κ1) is 7.30. The fourth-order valence-corrected chi connectivity index (χ4v) is 1.42. The van der Waals surface area contributed by atoms with Crippen molar-refractivity contribution in [3.05, 3.63) is 29.0 Å². The van der Waals surface area contributed by atoms with Crippen LogP contribution in [0.25, 0.3) is 0 Å². The van der Waals surface area contributed by atoms with Crippen LogP contribution < -0.4 is 5.32 Å². The van der Waals surface area contributed by atoms with Gasteiger partial charge < -0.3 is 5.32 Å². The third-order valence-electron chi connectivity index (χ3n) is 1.43. The number of hydrogen-bond acceptors (Lipinski definition) is 4. The second-order valence-corrected chi connectivity index (χ2v) is 3.25. The van der Waals surface area contributed by atoms with E-state index in [2.05, 4.69) is 20.5 Å². The molecule has 12 heavy (non-hydrogen) atoms. The van der Waals surface area contributed by atoms with Crippen molar-refractivity contribution in [1.82, 2.24) is 15.2 Å². The molecule has 2 heterocycles. The fourth-order valence-electron chi connectivity index (χ4n) is 0.866. The number of hydrogen-bond donors (Lipinski definition) is 2. The van der Waals surface area contributed by atoms with Gasteiger partial charge in [0.2, 0.25) is 0 Å². The molecular weight excluding hydrogens is 172 g/mol. The van der Waals surface area contributed by atoms with Crippen molar-refractivity contribution in [3.63, 3.8) is 0 Å². The molecule has 0 aromatic carbocycles. The Bertz CT molecular complexity index is 279. The number of anilines is 1. The molecule has 5 heteroatoms. The summed E-state index contributed by atoms with van der Waals surface area (Å²) in [5, 5.41) is 12.8. The lowest BCUT2D eigenvalue weighted by Crippen LogP contribution is -1.96. The molecule has 4 nitrogen and oxygen atoms in total. The van der Waals surface area contributed by atoms with Crippen LogP contribution in [0.2, 0.25) is 0 Å². The molecule has 0 aliphatic rings. The SMILES string of the molecule is c1csc(CNc2cn[nH]c2)n1. The van der Waals surface area contributed by atoms with E-state index in [-0.39, 0.29) is 0 Å². The summed E-state index contributed by atoms with van der Waals surface area (Å²) in [6, 6.07) is 0. The average molecular weight is 180 g/mol. The van der Waals surface area contributed by atoms with E-state index in [1.54, 1.807) is 23.7 Å². The van der Waals surface area contributed by atoms with Gasteiger partial charge in [-0.3, -0.25) is 5.10 Å². The minimum absolute atomic E-state index is 0.761. The molecule has 0 saturated heterocycles. The molecule has 2 N–H and O–H groups in total. The monoisotopic (exact) mass is 180 g/mol. The number of rotatable bonds is 3. The molecule has 0 amide bonds. The van der Waals surface area contributed by atoms with Gasteiger partial charge in [0, 0.05) is 17.8 Å². The number of nitrogens with zero attached hydrogens (tertiary/aromatic N) is 2. The van der Waals surface area contributed by atoms with Crippen molar-refractivity contribution < 1.29 is 0 Å². The lowest BCUT2D eigenvalue weighted by molar-refractivity contribution is 1.09. The summed E-state index contributed by atoms with van der Waals surface area (Å²) in [6.07, 6.45) is 5.36. The van der Waals surface area contributed by atoms with Crippen molar-refractivity contribution in [2.75, 3.05) is 5.32 Å². The summed E-state index contributed by atoms with van der Waals surface area (Å²) in [5.74, 6) is 0. The quantitative estimate of drug-likeness (QED) is 0.752. The van der Waals surface area contributed by atoms with E-state index in [9.17, 15) is 0 Å². The summed E-state index contributed by atoms with van der Waals surface area (Å²) in [5.41, 5.74) is 0.991. The number of aromatic amines is 1. The van der Waals surface area contributed by atoms with E-state index in [1.807, 2.05) is 11.6 Å². The zero-order valence-corrected chi connectivity index (χ0v) is 7.14. The highest BCUT2D eigenvalue weighted by molar-refractivity contribution is 7.09. The van der Waals surface area contributed by atoms with Crippen LogP contribution >= 0.6 is 11.3 Å². The molecule has 0 saturated carbocycles. The highest BCUT2D eigenvalue weighted by atomic mass is 32.1. The molecule has 0 aliphatic heterocycles. The topological polar surface area (TPSA) is 53.6 Å². The van der Waals surface area contributed by atoms with Crippen molar-refractivity contribution in [3.8, 4) is 0 Å². The van der Waals surface area contributed by atoms with Gasteiger partial charge in [-0.25, -0.2) is 4.98 Å². The minimum Gasteiger partial charge on any atom is -0.376 e. The minimum atomic E-state index is 0.761. The maximum absolute atomic E-state index is 4.14.